The highest BCUT2D eigenvalue weighted by molar-refractivity contribution is 6.06. The molecule has 2 aromatic rings. The molecule has 1 amide bonds. The summed E-state index contributed by atoms with van der Waals surface area (Å²) < 4.78 is 4.50. The van der Waals surface area contributed by atoms with Crippen molar-refractivity contribution in [2.45, 2.75) is 0 Å². The average molecular weight is 290 g/mol. The number of hydrogen-bond acceptors (Lipinski definition) is 6. The van der Waals surface area contributed by atoms with E-state index < -0.39 is 16.8 Å². The van der Waals surface area contributed by atoms with Crippen LogP contribution in [0.1, 0.15) is 20.7 Å². The van der Waals surface area contributed by atoms with E-state index in [4.69, 9.17) is 0 Å². The number of nitro groups is 1. The van der Waals surface area contributed by atoms with Crippen LogP contribution in [-0.4, -0.2) is 34.1 Å². The zero-order valence-corrected chi connectivity index (χ0v) is 10.8. The third-order valence-electron chi connectivity index (χ3n) is 2.57. The Bertz CT molecular complexity index is 696. The van der Waals surface area contributed by atoms with Crippen LogP contribution in [0.25, 0.3) is 0 Å². The number of non-ortho nitro benzene ring substituents is 1. The number of hydrogen-bond donors (Lipinski definition) is 2. The molecular formula is C12H10N4O5. The highest BCUT2D eigenvalue weighted by atomic mass is 16.6. The van der Waals surface area contributed by atoms with Crippen LogP contribution in [0, 0.1) is 10.1 Å². The summed E-state index contributed by atoms with van der Waals surface area (Å²) in [5, 5.41) is 19.5. The highest BCUT2D eigenvalue weighted by Gasteiger charge is 2.18. The van der Waals surface area contributed by atoms with E-state index in [1.54, 1.807) is 0 Å². The number of methoxy groups -OCH3 is 1. The molecule has 0 atom stereocenters. The molecule has 1 aromatic heterocycles. The van der Waals surface area contributed by atoms with Gasteiger partial charge in [-0.2, -0.15) is 5.10 Å². The van der Waals surface area contributed by atoms with Crippen LogP contribution >= 0.6 is 0 Å². The van der Waals surface area contributed by atoms with Crippen LogP contribution in [0.3, 0.4) is 0 Å². The van der Waals surface area contributed by atoms with Crippen molar-refractivity contribution in [1.29, 1.82) is 0 Å². The van der Waals surface area contributed by atoms with E-state index in [-0.39, 0.29) is 16.8 Å². The van der Waals surface area contributed by atoms with Crippen molar-refractivity contribution in [3.63, 3.8) is 0 Å². The first kappa shape index (κ1) is 14.2. The second-order valence-electron chi connectivity index (χ2n) is 3.96. The Labute approximate surface area is 118 Å². The fourth-order valence-electron chi connectivity index (χ4n) is 1.61. The Morgan fingerprint density at radius 2 is 2.05 bits per heavy atom. The molecule has 0 saturated carbocycles. The van der Waals surface area contributed by atoms with Gasteiger partial charge in [0.05, 0.1) is 29.5 Å². The second-order valence-corrected chi connectivity index (χ2v) is 3.96. The fraction of sp³-hybridized carbons (Fsp3) is 0.0833. The number of anilines is 1. The Kier molecular flexibility index (Phi) is 3.93. The monoisotopic (exact) mass is 290 g/mol. The van der Waals surface area contributed by atoms with Crippen molar-refractivity contribution in [3.8, 4) is 0 Å². The van der Waals surface area contributed by atoms with Gasteiger partial charge in [0.2, 0.25) is 0 Å². The minimum atomic E-state index is -0.768. The molecule has 1 aromatic carbocycles. The summed E-state index contributed by atoms with van der Waals surface area (Å²) in [6, 6.07) is 3.33. The van der Waals surface area contributed by atoms with E-state index in [0.29, 0.717) is 5.69 Å². The molecule has 0 fully saturated rings. The van der Waals surface area contributed by atoms with E-state index in [0.717, 1.165) is 19.2 Å². The molecule has 1 heterocycles. The molecule has 0 bridgehead atoms. The lowest BCUT2D eigenvalue weighted by molar-refractivity contribution is -0.384. The van der Waals surface area contributed by atoms with Gasteiger partial charge in [-0.3, -0.25) is 20.0 Å². The number of carbonyl (C=O) groups is 2. The van der Waals surface area contributed by atoms with Crippen molar-refractivity contribution in [1.82, 2.24) is 10.2 Å². The maximum absolute atomic E-state index is 12.0. The lowest BCUT2D eigenvalue weighted by Gasteiger charge is -2.05. The molecule has 0 aliphatic heterocycles. The molecule has 0 radical (unpaired) electrons. The van der Waals surface area contributed by atoms with E-state index in [1.807, 2.05) is 0 Å². The van der Waals surface area contributed by atoms with Crippen LogP contribution in [-0.2, 0) is 4.74 Å². The second kappa shape index (κ2) is 5.82. The molecule has 9 heteroatoms. The summed E-state index contributed by atoms with van der Waals surface area (Å²) in [6.07, 6.45) is 2.81. The molecule has 2 rings (SSSR count). The molecule has 0 spiro atoms. The number of nitrogens with one attached hydrogen (secondary N) is 2. The number of esters is 1. The topological polar surface area (TPSA) is 127 Å². The highest BCUT2D eigenvalue weighted by Crippen LogP contribution is 2.19. The van der Waals surface area contributed by atoms with Gasteiger partial charge in [0, 0.05) is 23.9 Å². The van der Waals surface area contributed by atoms with Crippen molar-refractivity contribution in [2.24, 2.45) is 0 Å². The number of aromatic amines is 1. The number of benzene rings is 1. The summed E-state index contributed by atoms with van der Waals surface area (Å²) >= 11 is 0. The van der Waals surface area contributed by atoms with Crippen molar-refractivity contribution >= 4 is 23.3 Å². The Morgan fingerprint density at radius 1 is 1.33 bits per heavy atom. The van der Waals surface area contributed by atoms with E-state index >= 15 is 0 Å². The van der Waals surface area contributed by atoms with E-state index in [9.17, 15) is 19.7 Å². The normalized spacial score (nSPS) is 9.95. The van der Waals surface area contributed by atoms with Gasteiger partial charge in [0.25, 0.3) is 11.6 Å². The van der Waals surface area contributed by atoms with Gasteiger partial charge in [0.1, 0.15) is 0 Å². The molecule has 0 saturated heterocycles. The SMILES string of the molecule is COC(=O)c1cc(C(=O)Nc2cn[nH]c2)cc([N+](=O)[O-])c1. The molecule has 9 nitrogen and oxygen atoms in total. The van der Waals surface area contributed by atoms with Crippen molar-refractivity contribution in [2.75, 3.05) is 12.4 Å². The predicted molar refractivity (Wildman–Crippen MR) is 71.0 cm³/mol. The summed E-state index contributed by atoms with van der Waals surface area (Å²) in [4.78, 5) is 33.7. The Morgan fingerprint density at radius 3 is 2.62 bits per heavy atom. The standard InChI is InChI=1S/C12H10N4O5/c1-21-12(18)8-2-7(3-10(4-8)16(19)20)11(17)15-9-5-13-14-6-9/h2-6H,1H3,(H,13,14)(H,15,17). The van der Waals surface area contributed by atoms with Gasteiger partial charge in [-0.15, -0.1) is 0 Å². The van der Waals surface area contributed by atoms with Gasteiger partial charge in [-0.1, -0.05) is 0 Å². The van der Waals surface area contributed by atoms with Crippen LogP contribution in [0.15, 0.2) is 30.6 Å². The zero-order chi connectivity index (χ0) is 15.4. The maximum Gasteiger partial charge on any atom is 0.338 e. The minimum absolute atomic E-state index is 0.0363. The third kappa shape index (κ3) is 3.21. The Hall–Kier alpha value is -3.23. The molecule has 108 valence electrons. The van der Waals surface area contributed by atoms with Crippen LogP contribution < -0.4 is 5.32 Å². The van der Waals surface area contributed by atoms with E-state index in [2.05, 4.69) is 20.3 Å². The zero-order valence-electron chi connectivity index (χ0n) is 10.8. The number of rotatable bonds is 4. The number of carbonyl (C=O) groups excluding carboxylic acids is 2. The largest absolute Gasteiger partial charge is 0.465 e. The number of nitro benzene ring substituents is 1. The molecule has 2 N–H and O–H groups in total. The summed E-state index contributed by atoms with van der Waals surface area (Å²) in [5.74, 6) is -1.37. The first-order valence-electron chi connectivity index (χ1n) is 5.69. The average Bonchev–Trinajstić information content (AvgIpc) is 2.98. The number of aromatic nitrogens is 2. The van der Waals surface area contributed by atoms with Crippen molar-refractivity contribution in [3.05, 3.63) is 51.8 Å². The number of nitrogens with zero attached hydrogens (tertiary/aromatic N) is 2. The van der Waals surface area contributed by atoms with Gasteiger partial charge in [-0.05, 0) is 6.07 Å². The first-order chi connectivity index (χ1) is 10.0. The number of H-pyrrole nitrogens is 1. The lowest BCUT2D eigenvalue weighted by atomic mass is 10.1. The fourth-order valence-corrected chi connectivity index (χ4v) is 1.61. The third-order valence-corrected chi connectivity index (χ3v) is 2.57. The van der Waals surface area contributed by atoms with Gasteiger partial charge >= 0.3 is 5.97 Å². The van der Waals surface area contributed by atoms with Gasteiger partial charge in [-0.25, -0.2) is 4.79 Å². The van der Waals surface area contributed by atoms with Crippen LogP contribution in [0.2, 0.25) is 0 Å². The van der Waals surface area contributed by atoms with Crippen LogP contribution in [0.5, 0.6) is 0 Å². The number of ether oxygens (including phenoxy) is 1. The molecule has 21 heavy (non-hydrogen) atoms. The molecule has 0 aliphatic carbocycles. The lowest BCUT2D eigenvalue weighted by Crippen LogP contribution is -2.13. The summed E-state index contributed by atoms with van der Waals surface area (Å²) in [6.45, 7) is 0. The number of amides is 1. The summed E-state index contributed by atoms with van der Waals surface area (Å²) in [7, 11) is 1.15. The van der Waals surface area contributed by atoms with E-state index in [1.165, 1.54) is 18.5 Å². The van der Waals surface area contributed by atoms with Gasteiger partial charge < -0.3 is 10.1 Å². The van der Waals surface area contributed by atoms with Crippen LogP contribution in [0.4, 0.5) is 11.4 Å². The van der Waals surface area contributed by atoms with Crippen molar-refractivity contribution < 1.29 is 19.2 Å². The minimum Gasteiger partial charge on any atom is -0.465 e. The molecule has 0 aliphatic rings. The maximum atomic E-state index is 12.0. The summed E-state index contributed by atoms with van der Waals surface area (Å²) in [5.41, 5.74) is -0.101. The predicted octanol–water partition coefficient (Wildman–Crippen LogP) is 1.36. The molecule has 0 unspecified atom stereocenters. The Balaban J connectivity index is 2.37. The van der Waals surface area contributed by atoms with Gasteiger partial charge in [0.15, 0.2) is 0 Å². The smallest absolute Gasteiger partial charge is 0.338 e. The molecular weight excluding hydrogens is 280 g/mol. The first-order valence-corrected chi connectivity index (χ1v) is 5.69. The quantitative estimate of drug-likeness (QED) is 0.497.